The number of ether oxygens (including phenoxy) is 1. The zero-order valence-corrected chi connectivity index (χ0v) is 13.5. The van der Waals surface area contributed by atoms with Crippen LogP contribution in [0.4, 0.5) is 0 Å². The molecule has 5 nitrogen and oxygen atoms in total. The Morgan fingerprint density at radius 2 is 2.00 bits per heavy atom. The second kappa shape index (κ2) is 5.85. The maximum Gasteiger partial charge on any atom is 0.244 e. The second-order valence-corrected chi connectivity index (χ2v) is 7.89. The Hall–Kier alpha value is -0.660. The minimum atomic E-state index is -3.57. The highest BCUT2D eigenvalue weighted by molar-refractivity contribution is 7.89. The number of nitrogens with one attached hydrogen (secondary N) is 1. The molecule has 0 amide bonds. The van der Waals surface area contributed by atoms with Gasteiger partial charge in [-0.1, -0.05) is 17.7 Å². The monoisotopic (exact) mass is 330 g/mol. The number of hydrogen-bond donors (Lipinski definition) is 1. The van der Waals surface area contributed by atoms with Crippen molar-refractivity contribution in [3.8, 4) is 0 Å². The Labute approximate surface area is 130 Å². The minimum Gasteiger partial charge on any atom is -0.372 e. The van der Waals surface area contributed by atoms with Gasteiger partial charge in [0.05, 0.1) is 17.2 Å². The van der Waals surface area contributed by atoms with Crippen molar-refractivity contribution < 1.29 is 13.2 Å². The van der Waals surface area contributed by atoms with Gasteiger partial charge in [-0.15, -0.1) is 0 Å². The summed E-state index contributed by atoms with van der Waals surface area (Å²) < 4.78 is 32.9. The van der Waals surface area contributed by atoms with Gasteiger partial charge in [-0.3, -0.25) is 0 Å². The van der Waals surface area contributed by atoms with Gasteiger partial charge in [-0.25, -0.2) is 8.42 Å². The van der Waals surface area contributed by atoms with Crippen LogP contribution in [-0.2, 0) is 21.3 Å². The molecule has 7 heteroatoms. The Kier molecular flexibility index (Phi) is 4.25. The van der Waals surface area contributed by atoms with Gasteiger partial charge in [-0.05, 0) is 37.6 Å². The molecular weight excluding hydrogens is 312 g/mol. The second-order valence-electron chi connectivity index (χ2n) is 5.57. The molecule has 1 aromatic rings. The first-order valence-electron chi connectivity index (χ1n) is 7.09. The third kappa shape index (κ3) is 2.96. The summed E-state index contributed by atoms with van der Waals surface area (Å²) in [6.45, 7) is 1.45. The summed E-state index contributed by atoms with van der Waals surface area (Å²) in [5, 5.41) is 3.29. The van der Waals surface area contributed by atoms with Crippen LogP contribution < -0.4 is 5.32 Å². The SMILES string of the molecule is CNCc1ccc(Cl)c(S(=O)(=O)N2CC3CCC(C2)O3)c1. The standard InChI is InChI=1S/C14H19ClN2O3S/c1-16-7-10-2-5-13(15)14(6-10)21(18,19)17-8-11-3-4-12(9-17)20-11/h2,5-6,11-12,16H,3-4,7-9H2,1H3. The normalized spacial score (nSPS) is 26.2. The molecule has 2 saturated heterocycles. The number of halogens is 1. The van der Waals surface area contributed by atoms with Crippen LogP contribution in [-0.4, -0.2) is 45.1 Å². The van der Waals surface area contributed by atoms with Crippen LogP contribution in [0.25, 0.3) is 0 Å². The van der Waals surface area contributed by atoms with E-state index in [0.29, 0.717) is 19.6 Å². The third-order valence-corrected chi connectivity index (χ3v) is 6.32. The maximum atomic E-state index is 12.8. The summed E-state index contributed by atoms with van der Waals surface area (Å²) in [5.41, 5.74) is 0.900. The van der Waals surface area contributed by atoms with E-state index in [1.165, 1.54) is 4.31 Å². The number of morpholine rings is 1. The molecule has 0 aromatic heterocycles. The number of sulfonamides is 1. The summed E-state index contributed by atoms with van der Waals surface area (Å²) in [7, 11) is -1.74. The molecule has 0 radical (unpaired) electrons. The van der Waals surface area contributed by atoms with Crippen molar-refractivity contribution in [1.29, 1.82) is 0 Å². The van der Waals surface area contributed by atoms with Crippen LogP contribution in [0.1, 0.15) is 18.4 Å². The molecule has 0 saturated carbocycles. The van der Waals surface area contributed by atoms with Gasteiger partial charge in [0.2, 0.25) is 10.0 Å². The van der Waals surface area contributed by atoms with E-state index in [0.717, 1.165) is 18.4 Å². The van der Waals surface area contributed by atoms with E-state index in [2.05, 4.69) is 5.32 Å². The smallest absolute Gasteiger partial charge is 0.244 e. The number of benzene rings is 1. The average Bonchev–Trinajstić information content (AvgIpc) is 2.79. The fourth-order valence-electron chi connectivity index (χ4n) is 2.97. The summed E-state index contributed by atoms with van der Waals surface area (Å²) in [6.07, 6.45) is 1.92. The zero-order chi connectivity index (χ0) is 15.0. The molecule has 116 valence electrons. The number of nitrogens with zero attached hydrogens (tertiary/aromatic N) is 1. The Morgan fingerprint density at radius 1 is 1.33 bits per heavy atom. The van der Waals surface area contributed by atoms with Gasteiger partial charge in [0.1, 0.15) is 4.90 Å². The van der Waals surface area contributed by atoms with E-state index in [4.69, 9.17) is 16.3 Å². The molecule has 2 unspecified atom stereocenters. The fraction of sp³-hybridized carbons (Fsp3) is 0.571. The molecule has 3 rings (SSSR count). The molecule has 0 aliphatic carbocycles. The first-order chi connectivity index (χ1) is 10.0. The number of hydrogen-bond acceptors (Lipinski definition) is 4. The molecule has 2 bridgehead atoms. The van der Waals surface area contributed by atoms with Crippen molar-refractivity contribution in [2.24, 2.45) is 0 Å². The largest absolute Gasteiger partial charge is 0.372 e. The van der Waals surface area contributed by atoms with Gasteiger partial charge in [0, 0.05) is 19.6 Å². The highest BCUT2D eigenvalue weighted by atomic mass is 35.5. The quantitative estimate of drug-likeness (QED) is 0.911. The Bertz CT molecular complexity index is 623. The number of fused-ring (bicyclic) bond motifs is 2. The van der Waals surface area contributed by atoms with Crippen LogP contribution in [0.2, 0.25) is 5.02 Å². The van der Waals surface area contributed by atoms with Crippen molar-refractivity contribution in [3.05, 3.63) is 28.8 Å². The summed E-state index contributed by atoms with van der Waals surface area (Å²) in [4.78, 5) is 0.193. The lowest BCUT2D eigenvalue weighted by Crippen LogP contribution is -2.45. The molecule has 1 N–H and O–H groups in total. The molecule has 2 fully saturated rings. The summed E-state index contributed by atoms with van der Waals surface area (Å²) >= 11 is 6.13. The van der Waals surface area contributed by atoms with E-state index in [9.17, 15) is 8.42 Å². The third-order valence-electron chi connectivity index (χ3n) is 4.00. The molecule has 0 spiro atoms. The average molecular weight is 331 g/mol. The molecular formula is C14H19ClN2O3S. The maximum absolute atomic E-state index is 12.8. The molecule has 1 aromatic carbocycles. The lowest BCUT2D eigenvalue weighted by molar-refractivity contribution is -0.0114. The van der Waals surface area contributed by atoms with E-state index < -0.39 is 10.0 Å². The van der Waals surface area contributed by atoms with Crippen molar-refractivity contribution in [3.63, 3.8) is 0 Å². The van der Waals surface area contributed by atoms with Gasteiger partial charge in [-0.2, -0.15) is 4.31 Å². The topological polar surface area (TPSA) is 58.6 Å². The van der Waals surface area contributed by atoms with Crippen LogP contribution in [0.15, 0.2) is 23.1 Å². The van der Waals surface area contributed by atoms with E-state index in [-0.39, 0.29) is 22.1 Å². The van der Waals surface area contributed by atoms with E-state index >= 15 is 0 Å². The van der Waals surface area contributed by atoms with Crippen molar-refractivity contribution in [2.75, 3.05) is 20.1 Å². The first-order valence-corrected chi connectivity index (χ1v) is 8.91. The van der Waals surface area contributed by atoms with Crippen molar-refractivity contribution in [1.82, 2.24) is 9.62 Å². The van der Waals surface area contributed by atoms with Crippen LogP contribution in [0, 0.1) is 0 Å². The van der Waals surface area contributed by atoms with Gasteiger partial charge < -0.3 is 10.1 Å². The molecule has 2 heterocycles. The molecule has 21 heavy (non-hydrogen) atoms. The van der Waals surface area contributed by atoms with Crippen LogP contribution in [0.5, 0.6) is 0 Å². The molecule has 2 aliphatic rings. The summed E-state index contributed by atoms with van der Waals surface area (Å²) in [5.74, 6) is 0. The van der Waals surface area contributed by atoms with Crippen LogP contribution in [0.3, 0.4) is 0 Å². The molecule has 2 aliphatic heterocycles. The zero-order valence-electron chi connectivity index (χ0n) is 11.9. The highest BCUT2D eigenvalue weighted by Gasteiger charge is 2.39. The van der Waals surface area contributed by atoms with E-state index in [1.807, 2.05) is 13.1 Å². The lowest BCUT2D eigenvalue weighted by atomic mass is 10.2. The number of rotatable bonds is 4. The first kappa shape index (κ1) is 15.2. The van der Waals surface area contributed by atoms with Gasteiger partial charge in [0.15, 0.2) is 0 Å². The predicted octanol–water partition coefficient (Wildman–Crippen LogP) is 1.61. The lowest BCUT2D eigenvalue weighted by Gasteiger charge is -2.31. The van der Waals surface area contributed by atoms with Crippen molar-refractivity contribution >= 4 is 21.6 Å². The Morgan fingerprint density at radius 3 is 2.62 bits per heavy atom. The predicted molar refractivity (Wildman–Crippen MR) is 80.9 cm³/mol. The highest BCUT2D eigenvalue weighted by Crippen LogP contribution is 2.32. The fourth-order valence-corrected chi connectivity index (χ4v) is 5.00. The van der Waals surface area contributed by atoms with E-state index in [1.54, 1.807) is 12.1 Å². The van der Waals surface area contributed by atoms with Gasteiger partial charge >= 0.3 is 0 Å². The van der Waals surface area contributed by atoms with Crippen molar-refractivity contribution in [2.45, 2.75) is 36.5 Å². The molecule has 2 atom stereocenters. The van der Waals surface area contributed by atoms with Crippen LogP contribution >= 0.6 is 11.6 Å². The van der Waals surface area contributed by atoms with Gasteiger partial charge in [0.25, 0.3) is 0 Å². The Balaban J connectivity index is 1.92. The summed E-state index contributed by atoms with van der Waals surface area (Å²) in [6, 6.07) is 5.14. The minimum absolute atomic E-state index is 0.0257.